The predicted octanol–water partition coefficient (Wildman–Crippen LogP) is 0.697. The molecule has 1 fully saturated rings. The fourth-order valence-electron chi connectivity index (χ4n) is 1.62. The van der Waals surface area contributed by atoms with Crippen LogP contribution in [0, 0.1) is 0 Å². The van der Waals surface area contributed by atoms with Crippen molar-refractivity contribution < 1.29 is 4.74 Å². The van der Waals surface area contributed by atoms with Crippen LogP contribution in [0.5, 0.6) is 0 Å². The first-order chi connectivity index (χ1) is 6.26. The topological polar surface area (TPSA) is 48.1 Å². The molecule has 13 heavy (non-hydrogen) atoms. The number of aromatic nitrogens is 1. The van der Waals surface area contributed by atoms with Crippen molar-refractivity contribution in [3.8, 4) is 0 Å². The molecule has 3 nitrogen and oxygen atoms in total. The second-order valence-electron chi connectivity index (χ2n) is 3.65. The van der Waals surface area contributed by atoms with Crippen LogP contribution in [0.15, 0.2) is 24.4 Å². The van der Waals surface area contributed by atoms with Gasteiger partial charge < -0.3 is 10.5 Å². The first-order valence-corrected chi connectivity index (χ1v) is 4.50. The van der Waals surface area contributed by atoms with E-state index in [0.717, 1.165) is 5.69 Å². The van der Waals surface area contributed by atoms with Crippen molar-refractivity contribution in [3.63, 3.8) is 0 Å². The van der Waals surface area contributed by atoms with E-state index in [0.29, 0.717) is 13.2 Å². The van der Waals surface area contributed by atoms with Gasteiger partial charge in [0.05, 0.1) is 24.3 Å². The minimum Gasteiger partial charge on any atom is -0.379 e. The van der Waals surface area contributed by atoms with Crippen LogP contribution in [0.4, 0.5) is 0 Å². The summed E-state index contributed by atoms with van der Waals surface area (Å²) in [6.45, 7) is 3.40. The van der Waals surface area contributed by atoms with Crippen LogP contribution in [-0.4, -0.2) is 24.2 Å². The van der Waals surface area contributed by atoms with Crippen molar-refractivity contribution in [2.45, 2.75) is 18.4 Å². The average molecular weight is 178 g/mol. The van der Waals surface area contributed by atoms with Crippen LogP contribution in [0.2, 0.25) is 0 Å². The second kappa shape index (κ2) is 3.09. The molecule has 0 bridgehead atoms. The Morgan fingerprint density at radius 2 is 2.31 bits per heavy atom. The Morgan fingerprint density at radius 1 is 1.54 bits per heavy atom. The Morgan fingerprint density at radius 3 is 2.69 bits per heavy atom. The highest BCUT2D eigenvalue weighted by Gasteiger charge is 2.44. The smallest absolute Gasteiger partial charge is 0.0740 e. The van der Waals surface area contributed by atoms with Gasteiger partial charge in [0.25, 0.3) is 0 Å². The Bertz CT molecular complexity index is 280. The SMILES string of the molecule is CC(N)C1(c2ccccn2)COC1. The summed E-state index contributed by atoms with van der Waals surface area (Å²) in [7, 11) is 0. The zero-order valence-corrected chi connectivity index (χ0v) is 7.73. The van der Waals surface area contributed by atoms with Crippen molar-refractivity contribution in [2.24, 2.45) is 5.73 Å². The van der Waals surface area contributed by atoms with Crippen molar-refractivity contribution in [1.82, 2.24) is 4.98 Å². The van der Waals surface area contributed by atoms with E-state index in [1.54, 1.807) is 6.20 Å². The number of hydrogen-bond acceptors (Lipinski definition) is 3. The third-order valence-corrected chi connectivity index (χ3v) is 2.77. The molecule has 0 spiro atoms. The van der Waals surface area contributed by atoms with Crippen molar-refractivity contribution in [3.05, 3.63) is 30.1 Å². The molecule has 0 aliphatic carbocycles. The highest BCUT2D eigenvalue weighted by atomic mass is 16.5. The zero-order valence-electron chi connectivity index (χ0n) is 7.73. The van der Waals surface area contributed by atoms with Crippen molar-refractivity contribution in [1.29, 1.82) is 0 Å². The van der Waals surface area contributed by atoms with E-state index in [1.807, 2.05) is 25.1 Å². The maximum Gasteiger partial charge on any atom is 0.0740 e. The van der Waals surface area contributed by atoms with E-state index < -0.39 is 0 Å². The van der Waals surface area contributed by atoms with E-state index in [-0.39, 0.29) is 11.5 Å². The molecule has 70 valence electrons. The summed E-state index contributed by atoms with van der Waals surface area (Å²) in [4.78, 5) is 4.33. The molecule has 0 amide bonds. The first-order valence-electron chi connectivity index (χ1n) is 4.50. The first kappa shape index (κ1) is 8.66. The molecule has 1 aliphatic heterocycles. The molecule has 0 aromatic carbocycles. The standard InChI is InChI=1S/C10H14N2O/c1-8(11)10(6-13-7-10)9-4-2-3-5-12-9/h2-5,8H,6-7,11H2,1H3. The van der Waals surface area contributed by atoms with Crippen LogP contribution < -0.4 is 5.73 Å². The summed E-state index contributed by atoms with van der Waals surface area (Å²) < 4.78 is 5.23. The summed E-state index contributed by atoms with van der Waals surface area (Å²) in [6.07, 6.45) is 1.80. The van der Waals surface area contributed by atoms with E-state index in [9.17, 15) is 0 Å². The number of ether oxygens (including phenoxy) is 1. The molecular formula is C10H14N2O. The van der Waals surface area contributed by atoms with E-state index in [1.165, 1.54) is 0 Å². The van der Waals surface area contributed by atoms with Gasteiger partial charge in [0.15, 0.2) is 0 Å². The molecule has 0 radical (unpaired) electrons. The molecule has 1 saturated heterocycles. The van der Waals surface area contributed by atoms with Gasteiger partial charge in [-0.25, -0.2) is 0 Å². The van der Waals surface area contributed by atoms with E-state index in [2.05, 4.69) is 4.98 Å². The highest BCUT2D eigenvalue weighted by Crippen LogP contribution is 2.33. The Hall–Kier alpha value is -0.930. The largest absolute Gasteiger partial charge is 0.379 e. The summed E-state index contributed by atoms with van der Waals surface area (Å²) in [5, 5.41) is 0. The second-order valence-corrected chi connectivity index (χ2v) is 3.65. The van der Waals surface area contributed by atoms with Gasteiger partial charge >= 0.3 is 0 Å². The molecule has 3 heteroatoms. The van der Waals surface area contributed by atoms with Gasteiger partial charge in [0.2, 0.25) is 0 Å². The average Bonchev–Trinajstić information content (AvgIpc) is 2.03. The van der Waals surface area contributed by atoms with Gasteiger partial charge in [-0.1, -0.05) is 6.07 Å². The molecule has 1 aromatic rings. The number of pyridine rings is 1. The minimum atomic E-state index is -0.0404. The Labute approximate surface area is 77.9 Å². The lowest BCUT2D eigenvalue weighted by molar-refractivity contribution is -0.0723. The number of nitrogens with zero attached hydrogens (tertiary/aromatic N) is 1. The van der Waals surface area contributed by atoms with Gasteiger partial charge in [0, 0.05) is 12.2 Å². The molecule has 2 N–H and O–H groups in total. The summed E-state index contributed by atoms with van der Waals surface area (Å²) in [5.74, 6) is 0. The maximum atomic E-state index is 5.94. The van der Waals surface area contributed by atoms with Gasteiger partial charge in [0.1, 0.15) is 0 Å². The van der Waals surface area contributed by atoms with Crippen LogP contribution >= 0.6 is 0 Å². The fraction of sp³-hybridized carbons (Fsp3) is 0.500. The predicted molar refractivity (Wildman–Crippen MR) is 50.4 cm³/mol. The normalized spacial score (nSPS) is 22.0. The molecule has 1 aromatic heterocycles. The Balaban J connectivity index is 2.32. The number of hydrogen-bond donors (Lipinski definition) is 1. The Kier molecular flexibility index (Phi) is 2.06. The monoisotopic (exact) mass is 178 g/mol. The maximum absolute atomic E-state index is 5.94. The third-order valence-electron chi connectivity index (χ3n) is 2.77. The zero-order chi connectivity index (χ0) is 9.31. The fourth-order valence-corrected chi connectivity index (χ4v) is 1.62. The van der Waals surface area contributed by atoms with E-state index in [4.69, 9.17) is 10.5 Å². The lowest BCUT2D eigenvalue weighted by atomic mass is 9.76. The van der Waals surface area contributed by atoms with Gasteiger partial charge in [-0.05, 0) is 19.1 Å². The van der Waals surface area contributed by atoms with Crippen LogP contribution in [-0.2, 0) is 10.2 Å². The molecule has 0 saturated carbocycles. The van der Waals surface area contributed by atoms with Crippen molar-refractivity contribution >= 4 is 0 Å². The molecule has 1 unspecified atom stereocenters. The van der Waals surface area contributed by atoms with Gasteiger partial charge in [-0.15, -0.1) is 0 Å². The van der Waals surface area contributed by atoms with Crippen LogP contribution in [0.25, 0.3) is 0 Å². The molecule has 1 aliphatic rings. The number of nitrogens with two attached hydrogens (primary N) is 1. The molecule has 2 rings (SSSR count). The van der Waals surface area contributed by atoms with E-state index >= 15 is 0 Å². The van der Waals surface area contributed by atoms with Crippen LogP contribution in [0.3, 0.4) is 0 Å². The summed E-state index contributed by atoms with van der Waals surface area (Å²) >= 11 is 0. The lowest BCUT2D eigenvalue weighted by Crippen LogP contribution is -2.58. The summed E-state index contributed by atoms with van der Waals surface area (Å²) in [6, 6.07) is 6.02. The van der Waals surface area contributed by atoms with Crippen molar-refractivity contribution in [2.75, 3.05) is 13.2 Å². The molecule has 1 atom stereocenters. The molecule has 2 heterocycles. The van der Waals surface area contributed by atoms with Gasteiger partial charge in [-0.3, -0.25) is 4.98 Å². The van der Waals surface area contributed by atoms with Crippen LogP contribution in [0.1, 0.15) is 12.6 Å². The quantitative estimate of drug-likeness (QED) is 0.725. The lowest BCUT2D eigenvalue weighted by Gasteiger charge is -2.43. The summed E-state index contributed by atoms with van der Waals surface area (Å²) in [5.41, 5.74) is 6.96. The van der Waals surface area contributed by atoms with Gasteiger partial charge in [-0.2, -0.15) is 0 Å². The number of rotatable bonds is 2. The minimum absolute atomic E-state index is 0.0404. The highest BCUT2D eigenvalue weighted by molar-refractivity contribution is 5.23. The molecular weight excluding hydrogens is 164 g/mol. The third kappa shape index (κ3) is 1.24.